The second-order valence-corrected chi connectivity index (χ2v) is 24.9. The zero-order valence-electron chi connectivity index (χ0n) is 39.9. The van der Waals surface area contributed by atoms with Crippen LogP contribution in [0.5, 0.6) is 0 Å². The van der Waals surface area contributed by atoms with E-state index in [-0.39, 0.29) is 29.2 Å². The third-order valence-corrected chi connectivity index (χ3v) is 16.4. The molecule has 0 saturated heterocycles. The number of halogens is 5. The van der Waals surface area contributed by atoms with E-state index in [1.807, 2.05) is 24.3 Å². The number of benzene rings is 8. The minimum atomic E-state index is -1.46. The Labute approximate surface area is 488 Å². The van der Waals surface area contributed by atoms with Crippen LogP contribution in [0.25, 0.3) is 11.4 Å². The fourth-order valence-corrected chi connectivity index (χ4v) is 12.1. The second-order valence-electron chi connectivity index (χ2n) is 15.3. The van der Waals surface area contributed by atoms with Gasteiger partial charge in [-0.25, -0.2) is 19.9 Å². The molecule has 0 unspecified atom stereocenters. The standard InChI is InChI=1S/2C18H15P.C11H9BrN2O.C7H9BO3.C4H2BrIN2.2ClH.Pd/c2*1-4-10-16(11-5-1)19(17-12-6-2-7-13-17)18-14-8-3-9-15-18;12-10-5-13-11(14-6-10)9-3-1-2-8(4-9)7-15;9-5-6-2-1-3-7(4-6)8(10)11;5-3-1-7-4(6)8-2-3;;;/h2*1-15H;1-6,15H,7H2;1-4,9-11H,5H2;1-2H;2*1H;/q;;;;;;;+2/p-2. The van der Waals surface area contributed by atoms with Gasteiger partial charge in [-0.1, -0.05) is 224 Å². The first-order chi connectivity index (χ1) is 36.6. The molecule has 4 N–H and O–H groups in total. The average Bonchev–Trinajstić information content (AvgIpc) is 3.47. The van der Waals surface area contributed by atoms with Crippen LogP contribution in [-0.4, -0.2) is 47.3 Å². The third-order valence-electron chi connectivity index (χ3n) is 10.1. The molecule has 384 valence electrons. The van der Waals surface area contributed by atoms with Crippen molar-refractivity contribution >= 4 is 134 Å². The maximum Gasteiger partial charge on any atom is -0.0134 e. The van der Waals surface area contributed by atoms with Crippen molar-refractivity contribution < 1.29 is 36.2 Å². The summed E-state index contributed by atoms with van der Waals surface area (Å²) in [5.74, 6) is 0.661. The SMILES string of the molecule is Brc1cnc(I)nc1.OCc1cccc(-c2ncc(Br)cn2)c1.OCc1cccc(B(O)O)c1.[Cl][Pd][Cl].c1ccc(P(c2ccccc2)c2ccccc2)cc1.c1ccc(P(c2ccccc2)c2ccccc2)cc1. The van der Waals surface area contributed by atoms with Gasteiger partial charge in [0.05, 0.1) is 22.2 Å². The molecule has 75 heavy (non-hydrogen) atoms. The first-order valence-corrected chi connectivity index (χ1v) is 32.1. The van der Waals surface area contributed by atoms with Crippen LogP contribution in [0.4, 0.5) is 0 Å². The van der Waals surface area contributed by atoms with Gasteiger partial charge in [-0.3, -0.25) is 0 Å². The summed E-state index contributed by atoms with van der Waals surface area (Å²) in [6, 6.07) is 78.7. The van der Waals surface area contributed by atoms with E-state index in [1.165, 1.54) is 31.8 Å². The monoisotopic (exact) mass is 1400 g/mol. The molecule has 0 spiro atoms. The fraction of sp³-hybridized carbons (Fsp3) is 0.0345. The molecule has 8 nitrogen and oxygen atoms in total. The largest absolute Gasteiger partial charge is 0.0622 e. The summed E-state index contributed by atoms with van der Waals surface area (Å²) in [6.07, 6.45) is 6.84. The van der Waals surface area contributed by atoms with Crippen molar-refractivity contribution in [3.8, 4) is 11.4 Å². The Morgan fingerprint density at radius 2 is 0.720 bits per heavy atom. The Kier molecular flexibility index (Phi) is 29.4. The topological polar surface area (TPSA) is 132 Å². The Hall–Kier alpha value is -4.38. The van der Waals surface area contributed by atoms with Crippen molar-refractivity contribution in [1.29, 1.82) is 0 Å². The van der Waals surface area contributed by atoms with Crippen LogP contribution >= 0.6 is 89.4 Å². The van der Waals surface area contributed by atoms with Crippen molar-refractivity contribution in [2.45, 2.75) is 13.2 Å². The van der Waals surface area contributed by atoms with Crippen LogP contribution in [0.2, 0.25) is 0 Å². The van der Waals surface area contributed by atoms with Gasteiger partial charge in [-0.15, -0.1) is 0 Å². The van der Waals surface area contributed by atoms with Gasteiger partial charge in [-0.2, -0.15) is 0 Å². The molecule has 0 atom stereocenters. The van der Waals surface area contributed by atoms with E-state index in [0.29, 0.717) is 16.9 Å². The summed E-state index contributed by atoms with van der Waals surface area (Å²) in [4.78, 5) is 16.2. The van der Waals surface area contributed by atoms with Crippen LogP contribution < -0.4 is 37.3 Å². The van der Waals surface area contributed by atoms with E-state index < -0.39 is 23.0 Å². The number of aliphatic hydroxyl groups is 2. The normalized spacial score (nSPS) is 10.1. The first kappa shape index (κ1) is 61.5. The predicted molar refractivity (Wildman–Crippen MR) is 328 cm³/mol. The van der Waals surface area contributed by atoms with Gasteiger partial charge in [0.1, 0.15) is 0 Å². The molecule has 0 aliphatic carbocycles. The number of rotatable bonds is 10. The molecule has 0 bridgehead atoms. The maximum absolute atomic E-state index is 9.00. The fourth-order valence-electron chi connectivity index (χ4n) is 6.78. The summed E-state index contributed by atoms with van der Waals surface area (Å²) in [5.41, 5.74) is 2.85. The first-order valence-electron chi connectivity index (χ1n) is 22.7. The summed E-state index contributed by atoms with van der Waals surface area (Å²) >= 11 is 8.45. The van der Waals surface area contributed by atoms with E-state index >= 15 is 0 Å². The van der Waals surface area contributed by atoms with Gasteiger partial charge in [0.2, 0.25) is 0 Å². The second kappa shape index (κ2) is 35.9. The van der Waals surface area contributed by atoms with Crippen molar-refractivity contribution in [2.24, 2.45) is 0 Å². The Balaban J connectivity index is 0.000000176. The van der Waals surface area contributed by atoms with Gasteiger partial charge < -0.3 is 20.3 Å². The average molecular weight is 1400 g/mol. The molecular weight excluding hydrogens is 1350 g/mol. The number of hydrogen-bond acceptors (Lipinski definition) is 8. The van der Waals surface area contributed by atoms with E-state index in [9.17, 15) is 0 Å². The minimum Gasteiger partial charge on any atom is -0.0622 e. The van der Waals surface area contributed by atoms with Crippen LogP contribution in [-0.2, 0) is 29.2 Å². The number of hydrogen-bond donors (Lipinski definition) is 4. The summed E-state index contributed by atoms with van der Waals surface area (Å²) in [6.45, 7) is -0.0507. The van der Waals surface area contributed by atoms with Gasteiger partial charge in [0.25, 0.3) is 0 Å². The zero-order valence-corrected chi connectivity index (χ0v) is 50.1. The van der Waals surface area contributed by atoms with Crippen molar-refractivity contribution in [2.75, 3.05) is 0 Å². The summed E-state index contributed by atoms with van der Waals surface area (Å²) in [5, 5.41) is 43.5. The van der Waals surface area contributed by atoms with Gasteiger partial charge in [0.15, 0.2) is 9.66 Å². The molecule has 8 aromatic carbocycles. The zero-order chi connectivity index (χ0) is 53.5. The molecule has 0 radical (unpaired) electrons. The van der Waals surface area contributed by atoms with Crippen molar-refractivity contribution in [3.05, 3.63) is 279 Å². The minimum absolute atomic E-state index is 0.0321. The molecular formula is C58H50BBr2Cl2IN4O4P2Pd. The molecule has 17 heteroatoms. The Morgan fingerprint density at radius 3 is 1.01 bits per heavy atom. The van der Waals surface area contributed by atoms with Crippen LogP contribution in [0.3, 0.4) is 0 Å². The Morgan fingerprint density at radius 1 is 0.427 bits per heavy atom. The van der Waals surface area contributed by atoms with Crippen LogP contribution in [0, 0.1) is 3.83 Å². The maximum atomic E-state index is 9.00. The van der Waals surface area contributed by atoms with E-state index in [4.69, 9.17) is 39.3 Å². The molecule has 0 saturated carbocycles. The van der Waals surface area contributed by atoms with Gasteiger partial charge in [0, 0.05) is 52.9 Å². The van der Waals surface area contributed by atoms with E-state index in [1.54, 1.807) is 49.1 Å². The molecule has 10 aromatic rings. The van der Waals surface area contributed by atoms with Crippen molar-refractivity contribution in [1.82, 2.24) is 19.9 Å². The molecule has 0 amide bonds. The van der Waals surface area contributed by atoms with E-state index in [0.717, 1.165) is 23.9 Å². The molecule has 0 aliphatic rings. The molecule has 0 fully saturated rings. The smallest absolute Gasteiger partial charge is 0.0134 e. The molecule has 0 aliphatic heterocycles. The third kappa shape index (κ3) is 22.2. The van der Waals surface area contributed by atoms with Gasteiger partial charge >= 0.3 is 42.1 Å². The van der Waals surface area contributed by atoms with Crippen molar-refractivity contribution in [3.63, 3.8) is 0 Å². The molecule has 2 aromatic heterocycles. The van der Waals surface area contributed by atoms with Gasteiger partial charge in [-0.05, 0) is 102 Å². The summed E-state index contributed by atoms with van der Waals surface area (Å²) < 4.78 is 2.54. The molecule has 10 rings (SSSR count). The quantitative estimate of drug-likeness (QED) is 0.0461. The van der Waals surface area contributed by atoms with Crippen LogP contribution in [0.15, 0.2) is 264 Å². The molecule has 2 heterocycles. The number of nitrogens with zero attached hydrogens (tertiary/aromatic N) is 4. The predicted octanol–water partition coefficient (Wildman–Crippen LogP) is 11.4. The van der Waals surface area contributed by atoms with E-state index in [2.05, 4.69) is 256 Å². The summed E-state index contributed by atoms with van der Waals surface area (Å²) in [7, 11) is 7.28. The number of aromatic nitrogens is 4. The number of aliphatic hydroxyl groups excluding tert-OH is 2. The Bertz CT molecular complexity index is 2770. The van der Waals surface area contributed by atoms with Crippen LogP contribution in [0.1, 0.15) is 11.1 Å².